The topological polar surface area (TPSA) is 43.4 Å². The Labute approximate surface area is 88.8 Å². The second-order valence-corrected chi connectivity index (χ2v) is 3.68. The molecule has 0 aliphatic rings. The summed E-state index contributed by atoms with van der Waals surface area (Å²) in [6.45, 7) is 0. The number of Topliss-reactive ketones (excluding diaryl/α,β-unsaturated/α-hetero) is 1. The van der Waals surface area contributed by atoms with E-state index in [0.717, 1.165) is 5.56 Å². The summed E-state index contributed by atoms with van der Waals surface area (Å²) in [4.78, 5) is 11.6. The first-order valence-corrected chi connectivity index (χ1v) is 4.84. The molecular weight excluding hydrogens is 248 g/mol. The Morgan fingerprint density at radius 1 is 1.36 bits per heavy atom. The van der Waals surface area contributed by atoms with Crippen LogP contribution in [0, 0.1) is 0 Å². The van der Waals surface area contributed by atoms with Crippen molar-refractivity contribution in [1.82, 2.24) is 0 Å². The van der Waals surface area contributed by atoms with Gasteiger partial charge in [-0.25, -0.2) is 0 Å². The normalized spacial score (nSPS) is 10.4. The minimum absolute atomic E-state index is 0.0664. The fraction of sp³-hybridized carbons (Fsp3) is 0.100. The van der Waals surface area contributed by atoms with Crippen LogP contribution in [-0.2, 0) is 6.42 Å². The van der Waals surface area contributed by atoms with Gasteiger partial charge in [0.1, 0.15) is 0 Å². The molecule has 0 saturated carbocycles. The minimum Gasteiger partial charge on any atom is -0.472 e. The first kappa shape index (κ1) is 9.27. The van der Waals surface area contributed by atoms with Gasteiger partial charge in [0.05, 0.1) is 23.3 Å². The highest BCUT2D eigenvalue weighted by atomic mass is 79.9. The first-order chi connectivity index (χ1) is 6.77. The summed E-state index contributed by atoms with van der Waals surface area (Å²) in [5.74, 6) is 0.287. The lowest BCUT2D eigenvalue weighted by Crippen LogP contribution is -2.01. The largest absolute Gasteiger partial charge is 0.472 e. The predicted molar refractivity (Wildman–Crippen MR) is 53.2 cm³/mol. The van der Waals surface area contributed by atoms with Crippen LogP contribution in [0.1, 0.15) is 16.1 Å². The summed E-state index contributed by atoms with van der Waals surface area (Å²) < 4.78 is 10.6. The Bertz CT molecular complexity index is 428. The van der Waals surface area contributed by atoms with Crippen LogP contribution >= 0.6 is 15.9 Å². The predicted octanol–water partition coefficient (Wildman–Crippen LogP) is 3.06. The average molecular weight is 255 g/mol. The van der Waals surface area contributed by atoms with Gasteiger partial charge in [-0.3, -0.25) is 4.79 Å². The second kappa shape index (κ2) is 3.84. The van der Waals surface area contributed by atoms with E-state index in [4.69, 9.17) is 8.83 Å². The summed E-state index contributed by atoms with van der Waals surface area (Å²) in [7, 11) is 0. The van der Waals surface area contributed by atoms with E-state index < -0.39 is 0 Å². The molecule has 0 N–H and O–H groups in total. The van der Waals surface area contributed by atoms with Gasteiger partial charge in [-0.15, -0.1) is 0 Å². The molecule has 0 spiro atoms. The fourth-order valence-electron chi connectivity index (χ4n) is 1.15. The summed E-state index contributed by atoms with van der Waals surface area (Å²) in [6.07, 6.45) is 4.86. The van der Waals surface area contributed by atoms with Gasteiger partial charge in [-0.2, -0.15) is 0 Å². The van der Waals surface area contributed by atoms with Gasteiger partial charge in [0.15, 0.2) is 5.76 Å². The highest BCUT2D eigenvalue weighted by Crippen LogP contribution is 2.19. The molecule has 0 atom stereocenters. The number of hydrogen-bond acceptors (Lipinski definition) is 3. The highest BCUT2D eigenvalue weighted by molar-refractivity contribution is 9.10. The smallest absolute Gasteiger partial charge is 0.203 e. The molecule has 0 aliphatic heterocycles. The molecule has 0 aliphatic carbocycles. The van der Waals surface area contributed by atoms with Crippen molar-refractivity contribution in [3.63, 3.8) is 0 Å². The highest BCUT2D eigenvalue weighted by Gasteiger charge is 2.14. The summed E-state index contributed by atoms with van der Waals surface area (Å²) in [5.41, 5.74) is 0.846. The quantitative estimate of drug-likeness (QED) is 0.791. The molecule has 72 valence electrons. The molecule has 0 fully saturated rings. The van der Waals surface area contributed by atoms with Crippen LogP contribution in [0.3, 0.4) is 0 Å². The van der Waals surface area contributed by atoms with Gasteiger partial charge in [0.25, 0.3) is 0 Å². The van der Waals surface area contributed by atoms with Gasteiger partial charge in [-0.1, -0.05) is 0 Å². The van der Waals surface area contributed by atoms with Crippen molar-refractivity contribution >= 4 is 21.7 Å². The molecule has 2 heterocycles. The number of carbonyl (C=O) groups excluding carboxylic acids is 1. The molecule has 14 heavy (non-hydrogen) atoms. The molecule has 3 nitrogen and oxygen atoms in total. The molecule has 0 amide bonds. The monoisotopic (exact) mass is 254 g/mol. The van der Waals surface area contributed by atoms with Crippen LogP contribution in [0.2, 0.25) is 0 Å². The molecule has 0 saturated heterocycles. The third kappa shape index (κ3) is 1.80. The van der Waals surface area contributed by atoms with Crippen molar-refractivity contribution < 1.29 is 13.6 Å². The van der Waals surface area contributed by atoms with Gasteiger partial charge in [-0.05, 0) is 33.6 Å². The molecule has 2 aromatic rings. The van der Waals surface area contributed by atoms with Gasteiger partial charge in [0, 0.05) is 6.42 Å². The molecule has 4 heteroatoms. The standard InChI is InChI=1S/C10H7BrO3/c11-8-2-4-14-10(8)9(12)5-7-1-3-13-6-7/h1-4,6H,5H2. The SMILES string of the molecule is O=C(Cc1ccoc1)c1occc1Br. The van der Waals surface area contributed by atoms with Crippen LogP contribution in [-0.4, -0.2) is 5.78 Å². The minimum atomic E-state index is -0.0664. The van der Waals surface area contributed by atoms with E-state index >= 15 is 0 Å². The molecule has 0 aromatic carbocycles. The Balaban J connectivity index is 2.14. The lowest BCUT2D eigenvalue weighted by Gasteiger charge is -1.94. The van der Waals surface area contributed by atoms with Crippen LogP contribution < -0.4 is 0 Å². The lowest BCUT2D eigenvalue weighted by molar-refractivity contribution is 0.0965. The summed E-state index contributed by atoms with van der Waals surface area (Å²) >= 11 is 3.23. The third-order valence-corrected chi connectivity index (χ3v) is 2.44. The maximum Gasteiger partial charge on any atom is 0.203 e. The zero-order valence-electron chi connectivity index (χ0n) is 7.20. The van der Waals surface area contributed by atoms with E-state index in [0.29, 0.717) is 16.7 Å². The van der Waals surface area contributed by atoms with Crippen molar-refractivity contribution in [1.29, 1.82) is 0 Å². The van der Waals surface area contributed by atoms with Crippen LogP contribution in [0.5, 0.6) is 0 Å². The zero-order valence-corrected chi connectivity index (χ0v) is 8.78. The molecule has 0 unspecified atom stereocenters. The number of ketones is 1. The molecule has 0 bridgehead atoms. The van der Waals surface area contributed by atoms with Gasteiger partial charge >= 0.3 is 0 Å². The third-order valence-electron chi connectivity index (χ3n) is 1.82. The summed E-state index contributed by atoms with van der Waals surface area (Å²) in [5, 5.41) is 0. The number of halogens is 1. The molecule has 0 radical (unpaired) electrons. The number of carbonyl (C=O) groups is 1. The lowest BCUT2D eigenvalue weighted by atomic mass is 10.1. The number of furan rings is 2. The molecule has 2 rings (SSSR count). The number of hydrogen-bond donors (Lipinski definition) is 0. The van der Waals surface area contributed by atoms with Crippen molar-refractivity contribution in [3.8, 4) is 0 Å². The van der Waals surface area contributed by atoms with E-state index in [2.05, 4.69) is 15.9 Å². The van der Waals surface area contributed by atoms with E-state index in [1.54, 1.807) is 24.7 Å². The van der Waals surface area contributed by atoms with Crippen LogP contribution in [0.15, 0.2) is 44.2 Å². The van der Waals surface area contributed by atoms with E-state index in [-0.39, 0.29) is 5.78 Å². The number of rotatable bonds is 3. The second-order valence-electron chi connectivity index (χ2n) is 2.83. The maximum atomic E-state index is 11.6. The molecular formula is C10H7BrO3. The molecule has 2 aromatic heterocycles. The average Bonchev–Trinajstić information content (AvgIpc) is 2.75. The van der Waals surface area contributed by atoms with Crippen molar-refractivity contribution in [3.05, 3.63) is 46.7 Å². The van der Waals surface area contributed by atoms with E-state index in [1.165, 1.54) is 6.26 Å². The van der Waals surface area contributed by atoms with E-state index in [1.807, 2.05) is 0 Å². The Hall–Kier alpha value is -1.29. The Morgan fingerprint density at radius 2 is 2.21 bits per heavy atom. The Morgan fingerprint density at radius 3 is 2.79 bits per heavy atom. The van der Waals surface area contributed by atoms with Crippen molar-refractivity contribution in [2.24, 2.45) is 0 Å². The summed E-state index contributed by atoms with van der Waals surface area (Å²) in [6, 6.07) is 3.46. The zero-order chi connectivity index (χ0) is 9.97. The van der Waals surface area contributed by atoms with E-state index in [9.17, 15) is 4.79 Å². The van der Waals surface area contributed by atoms with Crippen molar-refractivity contribution in [2.75, 3.05) is 0 Å². The van der Waals surface area contributed by atoms with Crippen LogP contribution in [0.25, 0.3) is 0 Å². The first-order valence-electron chi connectivity index (χ1n) is 4.04. The fourth-order valence-corrected chi connectivity index (χ4v) is 1.57. The van der Waals surface area contributed by atoms with Crippen molar-refractivity contribution in [2.45, 2.75) is 6.42 Å². The van der Waals surface area contributed by atoms with Crippen LogP contribution in [0.4, 0.5) is 0 Å². The van der Waals surface area contributed by atoms with Gasteiger partial charge in [0.2, 0.25) is 5.78 Å². The van der Waals surface area contributed by atoms with Gasteiger partial charge < -0.3 is 8.83 Å². The Kier molecular flexibility index (Phi) is 2.54. The maximum absolute atomic E-state index is 11.6.